The Labute approximate surface area is 426 Å². The Morgan fingerprint density at radius 3 is 0.623 bits per heavy atom. The van der Waals surface area contributed by atoms with Crippen LogP contribution in [0.4, 0.5) is 0 Å². The number of aryl methyl sites for hydroxylation is 6. The van der Waals surface area contributed by atoms with E-state index in [4.69, 9.17) is 0 Å². The fourth-order valence-corrected chi connectivity index (χ4v) is 25.4. The molecule has 0 amide bonds. The van der Waals surface area contributed by atoms with Crippen molar-refractivity contribution in [2.75, 3.05) is 0 Å². The van der Waals surface area contributed by atoms with Gasteiger partial charge < -0.3 is 0 Å². The normalized spacial score (nSPS) is 11.9. The van der Waals surface area contributed by atoms with Crippen LogP contribution in [0.3, 0.4) is 0 Å². The standard InChI is InChI=1S/C66H89P3/c1-8-15-34-53-66(67(60-47-28-22-41-54(60)35-16-9-2)61-48-29-23-42-55(61)36-17-10-3,68(62-49-30-24-43-56(62)37-18-11-4)63-50-31-25-44-57(63)38-19-12-5)69(64-51-32-26-45-58(64)39-20-13-6)65-52-33-27-46-59(65)40-21-14-7/h22-33,41-52H,8-21,34-40,53H2,1-7H3. The monoisotopic (exact) mass is 975 g/mol. The average molecular weight is 975 g/mol. The minimum Gasteiger partial charge on any atom is -0.0654 e. The Bertz CT molecular complexity index is 1980. The number of rotatable bonds is 31. The molecule has 0 atom stereocenters. The van der Waals surface area contributed by atoms with Crippen molar-refractivity contribution in [1.82, 2.24) is 0 Å². The Morgan fingerprint density at radius 1 is 0.246 bits per heavy atom. The topological polar surface area (TPSA) is 0 Å². The number of hydrogen-bond acceptors (Lipinski definition) is 0. The first-order chi connectivity index (χ1) is 34.0. The molecule has 0 nitrogen and oxygen atoms in total. The molecule has 0 bridgehead atoms. The van der Waals surface area contributed by atoms with Crippen molar-refractivity contribution in [2.24, 2.45) is 0 Å². The molecule has 0 unspecified atom stereocenters. The van der Waals surface area contributed by atoms with Crippen LogP contribution in [0.25, 0.3) is 0 Å². The van der Waals surface area contributed by atoms with E-state index in [1.165, 1.54) is 103 Å². The molecule has 0 saturated heterocycles. The third-order valence-electron chi connectivity index (χ3n) is 14.4. The van der Waals surface area contributed by atoms with E-state index < -0.39 is 23.8 Å². The summed E-state index contributed by atoms with van der Waals surface area (Å²) in [5.41, 5.74) is 9.57. The highest BCUT2D eigenvalue weighted by atomic mass is 31.2. The van der Waals surface area contributed by atoms with Crippen LogP contribution in [-0.2, 0) is 38.5 Å². The molecule has 6 aromatic carbocycles. The number of unbranched alkanes of at least 4 members (excludes halogenated alkanes) is 8. The average Bonchev–Trinajstić information content (AvgIpc) is 3.39. The predicted molar refractivity (Wildman–Crippen MR) is 316 cm³/mol. The van der Waals surface area contributed by atoms with E-state index in [1.54, 1.807) is 65.2 Å². The Balaban J connectivity index is 2.00. The van der Waals surface area contributed by atoms with Gasteiger partial charge in [-0.15, -0.1) is 0 Å². The fraction of sp³-hybridized carbons (Fsp3) is 0.455. The SMILES string of the molecule is CCCCCC(P(c1ccccc1CCCC)c1ccccc1CCCC)(P(c1ccccc1CCCC)c1ccccc1CCCC)P(c1ccccc1CCCC)c1ccccc1CCCC. The second-order valence-corrected chi connectivity index (χ2v) is 27.9. The molecule has 0 fully saturated rings. The molecule has 0 aliphatic carbocycles. The zero-order valence-corrected chi connectivity index (χ0v) is 46.9. The highest BCUT2D eigenvalue weighted by molar-refractivity contribution is 8.05. The molecule has 6 aromatic rings. The summed E-state index contributed by atoms with van der Waals surface area (Å²) >= 11 is 0. The molecule has 6 rings (SSSR count). The lowest BCUT2D eigenvalue weighted by Crippen LogP contribution is -2.45. The van der Waals surface area contributed by atoms with E-state index in [1.807, 2.05) is 0 Å². The molecule has 69 heavy (non-hydrogen) atoms. The van der Waals surface area contributed by atoms with Gasteiger partial charge in [0.25, 0.3) is 0 Å². The molecule has 0 aliphatic heterocycles. The Morgan fingerprint density at radius 2 is 0.435 bits per heavy atom. The molecule has 0 saturated carbocycles. The molecule has 368 valence electrons. The van der Waals surface area contributed by atoms with Gasteiger partial charge in [0, 0.05) is 0 Å². The van der Waals surface area contributed by atoms with E-state index in [-0.39, 0.29) is 4.64 Å². The predicted octanol–water partition coefficient (Wildman–Crippen LogP) is 17.7. The minimum atomic E-state index is -1.01. The van der Waals surface area contributed by atoms with Crippen LogP contribution < -0.4 is 31.8 Å². The third kappa shape index (κ3) is 14.0. The molecule has 0 spiro atoms. The second-order valence-electron chi connectivity index (χ2n) is 19.6. The van der Waals surface area contributed by atoms with Gasteiger partial charge in [-0.1, -0.05) is 252 Å². The van der Waals surface area contributed by atoms with Crippen molar-refractivity contribution in [1.29, 1.82) is 0 Å². The number of hydrogen-bond donors (Lipinski definition) is 0. The van der Waals surface area contributed by atoms with E-state index in [2.05, 4.69) is 194 Å². The highest BCUT2D eigenvalue weighted by Gasteiger charge is 2.56. The maximum absolute atomic E-state index is 2.67. The van der Waals surface area contributed by atoms with E-state index in [9.17, 15) is 0 Å². The van der Waals surface area contributed by atoms with Crippen molar-refractivity contribution in [3.8, 4) is 0 Å². The summed E-state index contributed by atoms with van der Waals surface area (Å²) in [4.78, 5) is 0. The maximum atomic E-state index is 2.67. The van der Waals surface area contributed by atoms with Crippen LogP contribution >= 0.6 is 23.8 Å². The van der Waals surface area contributed by atoms with Gasteiger partial charge in [-0.3, -0.25) is 0 Å². The molecule has 3 heteroatoms. The quantitative estimate of drug-likeness (QED) is 0.0301. The van der Waals surface area contributed by atoms with Crippen molar-refractivity contribution >= 4 is 55.6 Å². The van der Waals surface area contributed by atoms with Crippen LogP contribution in [0.15, 0.2) is 146 Å². The first-order valence-corrected chi connectivity index (χ1v) is 31.9. The lowest BCUT2D eigenvalue weighted by Gasteiger charge is -2.55. The summed E-state index contributed by atoms with van der Waals surface area (Å²) in [5, 5.41) is 9.98. The smallest absolute Gasteiger partial charge is 0.0546 e. The first kappa shape index (κ1) is 54.9. The summed E-state index contributed by atoms with van der Waals surface area (Å²) in [7, 11) is -3.02. The molecule has 0 radical (unpaired) electrons. The van der Waals surface area contributed by atoms with Crippen molar-refractivity contribution in [3.05, 3.63) is 179 Å². The summed E-state index contributed by atoms with van der Waals surface area (Å²) < 4.78 is -0.158. The Hall–Kier alpha value is -3.39. The third-order valence-corrected chi connectivity index (χ3v) is 26.3. The minimum absolute atomic E-state index is 0.158. The molecular weight excluding hydrogens is 886 g/mol. The summed E-state index contributed by atoms with van der Waals surface area (Å²) in [6.45, 7) is 16.8. The zero-order valence-electron chi connectivity index (χ0n) is 44.3. The molecule has 0 heterocycles. The van der Waals surface area contributed by atoms with E-state index >= 15 is 0 Å². The van der Waals surface area contributed by atoms with Crippen LogP contribution in [-0.4, -0.2) is 4.64 Å². The van der Waals surface area contributed by atoms with Crippen LogP contribution in [0, 0.1) is 0 Å². The lowest BCUT2D eigenvalue weighted by molar-refractivity contribution is 0.680. The first-order valence-electron chi connectivity index (χ1n) is 27.9. The van der Waals surface area contributed by atoms with Gasteiger partial charge in [0.2, 0.25) is 0 Å². The zero-order chi connectivity index (χ0) is 48.7. The van der Waals surface area contributed by atoms with Crippen molar-refractivity contribution in [3.63, 3.8) is 0 Å². The molecular formula is C66H89P3. The van der Waals surface area contributed by atoms with E-state index in [0.29, 0.717) is 0 Å². The van der Waals surface area contributed by atoms with Crippen LogP contribution in [0.5, 0.6) is 0 Å². The summed E-state index contributed by atoms with van der Waals surface area (Å²) in [5.74, 6) is 0. The molecule has 0 N–H and O–H groups in total. The molecule has 0 aliphatic rings. The van der Waals surface area contributed by atoms with Gasteiger partial charge in [0.15, 0.2) is 0 Å². The van der Waals surface area contributed by atoms with Gasteiger partial charge in [0.05, 0.1) is 4.64 Å². The lowest BCUT2D eigenvalue weighted by atomic mass is 10.1. The van der Waals surface area contributed by atoms with Gasteiger partial charge in [-0.2, -0.15) is 0 Å². The number of benzene rings is 6. The largest absolute Gasteiger partial charge is 0.0654 e. The fourth-order valence-electron chi connectivity index (χ4n) is 10.6. The van der Waals surface area contributed by atoms with Crippen LogP contribution in [0.1, 0.15) is 185 Å². The second kappa shape index (κ2) is 29.8. The van der Waals surface area contributed by atoms with Crippen LogP contribution in [0.2, 0.25) is 0 Å². The van der Waals surface area contributed by atoms with E-state index in [0.717, 1.165) is 38.5 Å². The Kier molecular flexibility index (Phi) is 23.8. The van der Waals surface area contributed by atoms with Crippen molar-refractivity contribution < 1.29 is 0 Å². The van der Waals surface area contributed by atoms with Gasteiger partial charge in [0.1, 0.15) is 0 Å². The van der Waals surface area contributed by atoms with Gasteiger partial charge in [-0.05, 0) is 172 Å². The summed E-state index contributed by atoms with van der Waals surface area (Å²) in [6, 6.07) is 60.2. The van der Waals surface area contributed by atoms with Gasteiger partial charge in [-0.25, -0.2) is 0 Å². The maximum Gasteiger partial charge on any atom is 0.0546 e. The highest BCUT2D eigenvalue weighted by Crippen LogP contribution is 2.80. The van der Waals surface area contributed by atoms with Gasteiger partial charge >= 0.3 is 0 Å². The van der Waals surface area contributed by atoms with Crippen molar-refractivity contribution in [2.45, 2.75) is 194 Å². The summed E-state index contributed by atoms with van der Waals surface area (Å²) in [6.07, 6.45) is 26.1. The molecule has 0 aromatic heterocycles.